The molecule has 0 saturated carbocycles. The van der Waals surface area contributed by atoms with Crippen LogP contribution in [0.25, 0.3) is 0 Å². The molecule has 0 aromatic heterocycles. The molecule has 2 unspecified atom stereocenters. The number of primary sulfonamides is 1. The highest BCUT2D eigenvalue weighted by Gasteiger charge is 2.35. The zero-order valence-corrected chi connectivity index (χ0v) is 17.4. The van der Waals surface area contributed by atoms with Crippen LogP contribution in [0.3, 0.4) is 0 Å². The predicted octanol–water partition coefficient (Wildman–Crippen LogP) is 0.467. The van der Waals surface area contributed by atoms with Crippen LogP contribution in [0.4, 0.5) is 5.69 Å². The number of carbonyl (C=O) groups is 2. The molecule has 2 aromatic carbocycles. The number of aliphatic imine (C=N–C) groups is 1. The zero-order chi connectivity index (χ0) is 21.9. The van der Waals surface area contributed by atoms with Crippen molar-refractivity contribution in [1.29, 1.82) is 0 Å². The van der Waals surface area contributed by atoms with Crippen LogP contribution in [0.2, 0.25) is 0 Å². The molecule has 1 aliphatic heterocycles. The Morgan fingerprint density at radius 1 is 1.10 bits per heavy atom. The molecule has 1 heterocycles. The number of amides is 2. The van der Waals surface area contributed by atoms with Crippen LogP contribution in [0.5, 0.6) is 5.75 Å². The van der Waals surface area contributed by atoms with Crippen molar-refractivity contribution in [3.63, 3.8) is 0 Å². The molecule has 6 N–H and O–H groups in total. The molecule has 10 nitrogen and oxygen atoms in total. The minimum Gasteiger partial charge on any atom is -0.497 e. The van der Waals surface area contributed by atoms with E-state index >= 15 is 0 Å². The van der Waals surface area contributed by atoms with E-state index in [4.69, 9.17) is 15.6 Å². The molecule has 2 amide bonds. The summed E-state index contributed by atoms with van der Waals surface area (Å²) in [5, 5.41) is 10.4. The lowest BCUT2D eigenvalue weighted by Gasteiger charge is -2.16. The normalized spacial score (nSPS) is 18.4. The summed E-state index contributed by atoms with van der Waals surface area (Å²) < 4.78 is 27.7. The van der Waals surface area contributed by atoms with Crippen molar-refractivity contribution >= 4 is 44.5 Å². The number of primary amides is 1. The molecular formula is C18H19N5O5S2. The Balaban J connectivity index is 1.69. The monoisotopic (exact) mass is 449 g/mol. The Morgan fingerprint density at radius 3 is 2.27 bits per heavy atom. The summed E-state index contributed by atoms with van der Waals surface area (Å²) in [4.78, 5) is 28.5. The molecule has 0 fully saturated rings. The SMILES string of the molecule is COc1ccc(C(=O)NC2SC(Nc3ccc(S(N)(=O)=O)cc3)=NC2C(N)=O)cc1. The van der Waals surface area contributed by atoms with Gasteiger partial charge in [0.05, 0.1) is 12.0 Å². The third-order valence-electron chi connectivity index (χ3n) is 4.13. The predicted molar refractivity (Wildman–Crippen MR) is 114 cm³/mol. The van der Waals surface area contributed by atoms with Crippen LogP contribution < -0.4 is 26.2 Å². The second kappa shape index (κ2) is 8.73. The molecule has 3 rings (SSSR count). The lowest BCUT2D eigenvalue weighted by atomic mass is 10.2. The van der Waals surface area contributed by atoms with Crippen LogP contribution >= 0.6 is 11.8 Å². The molecule has 12 heteroatoms. The van der Waals surface area contributed by atoms with E-state index in [2.05, 4.69) is 15.6 Å². The van der Waals surface area contributed by atoms with Gasteiger partial charge in [0.2, 0.25) is 15.9 Å². The van der Waals surface area contributed by atoms with Crippen LogP contribution in [-0.4, -0.2) is 43.9 Å². The number of amidine groups is 1. The Labute approximate surface area is 177 Å². The third-order valence-corrected chi connectivity index (χ3v) is 6.12. The number of sulfonamides is 1. The maximum Gasteiger partial charge on any atom is 0.252 e. The summed E-state index contributed by atoms with van der Waals surface area (Å²) in [6.07, 6.45) is 0. The van der Waals surface area contributed by atoms with E-state index in [1.807, 2.05) is 0 Å². The fourth-order valence-corrected chi connectivity index (χ4v) is 4.20. The summed E-state index contributed by atoms with van der Waals surface area (Å²) >= 11 is 1.12. The van der Waals surface area contributed by atoms with Crippen molar-refractivity contribution < 1.29 is 22.7 Å². The fraction of sp³-hybridized carbons (Fsp3) is 0.167. The van der Waals surface area contributed by atoms with E-state index in [0.29, 0.717) is 22.2 Å². The molecule has 0 bridgehead atoms. The standard InChI is InChI=1S/C18H19N5O5S2/c1-28-12-6-2-10(3-7-12)16(25)23-17-14(15(19)24)22-18(29-17)21-11-4-8-13(9-5-11)30(20,26)27/h2-9,14,17H,1H3,(H2,19,24)(H,21,22)(H,23,25)(H2,20,26,27). The largest absolute Gasteiger partial charge is 0.497 e. The first kappa shape index (κ1) is 21.6. The summed E-state index contributed by atoms with van der Waals surface area (Å²) in [5.41, 5.74) is 6.34. The van der Waals surface area contributed by atoms with E-state index in [-0.39, 0.29) is 4.90 Å². The maximum atomic E-state index is 12.5. The molecule has 2 atom stereocenters. The summed E-state index contributed by atoms with van der Waals surface area (Å²) in [6.45, 7) is 0. The topological polar surface area (TPSA) is 166 Å². The Bertz CT molecular complexity index is 1080. The Hall–Kier alpha value is -3.09. The summed E-state index contributed by atoms with van der Waals surface area (Å²) in [6, 6.07) is 11.2. The number of rotatable bonds is 6. The molecular weight excluding hydrogens is 430 g/mol. The Kier molecular flexibility index (Phi) is 6.29. The number of anilines is 1. The van der Waals surface area contributed by atoms with Crippen LogP contribution in [0, 0.1) is 0 Å². The first-order chi connectivity index (χ1) is 14.2. The molecule has 0 aliphatic carbocycles. The number of hydrogen-bond acceptors (Lipinski definition) is 8. The lowest BCUT2D eigenvalue weighted by Crippen LogP contribution is -2.44. The number of benzene rings is 2. The van der Waals surface area contributed by atoms with E-state index in [1.54, 1.807) is 24.3 Å². The fourth-order valence-electron chi connectivity index (χ4n) is 2.60. The Morgan fingerprint density at radius 2 is 1.73 bits per heavy atom. The van der Waals surface area contributed by atoms with Gasteiger partial charge in [-0.25, -0.2) is 18.5 Å². The number of methoxy groups -OCH3 is 1. The van der Waals surface area contributed by atoms with Gasteiger partial charge in [-0.3, -0.25) is 9.59 Å². The summed E-state index contributed by atoms with van der Waals surface area (Å²) in [7, 11) is -2.28. The molecule has 0 radical (unpaired) electrons. The first-order valence-electron chi connectivity index (χ1n) is 8.56. The third kappa shape index (κ3) is 5.09. The zero-order valence-electron chi connectivity index (χ0n) is 15.7. The minimum absolute atomic E-state index is 0.0336. The number of thioether (sulfide) groups is 1. The average molecular weight is 450 g/mol. The molecule has 0 saturated heterocycles. The van der Waals surface area contributed by atoms with E-state index in [1.165, 1.54) is 31.4 Å². The second-order valence-corrected chi connectivity index (χ2v) is 8.91. The second-order valence-electron chi connectivity index (χ2n) is 6.22. The van der Waals surface area contributed by atoms with Gasteiger partial charge in [0.25, 0.3) is 5.91 Å². The molecule has 0 spiro atoms. The van der Waals surface area contributed by atoms with Gasteiger partial charge in [0.1, 0.15) is 11.1 Å². The van der Waals surface area contributed by atoms with Crippen molar-refractivity contribution in [2.45, 2.75) is 16.3 Å². The number of nitrogens with two attached hydrogens (primary N) is 2. The van der Waals surface area contributed by atoms with Gasteiger partial charge < -0.3 is 21.1 Å². The van der Waals surface area contributed by atoms with Crippen LogP contribution in [-0.2, 0) is 14.8 Å². The van der Waals surface area contributed by atoms with Gasteiger partial charge in [-0.1, -0.05) is 11.8 Å². The first-order valence-corrected chi connectivity index (χ1v) is 11.0. The molecule has 30 heavy (non-hydrogen) atoms. The highest BCUT2D eigenvalue weighted by Crippen LogP contribution is 2.27. The van der Waals surface area contributed by atoms with Gasteiger partial charge >= 0.3 is 0 Å². The van der Waals surface area contributed by atoms with Gasteiger partial charge in [-0.15, -0.1) is 0 Å². The number of carbonyl (C=O) groups excluding carboxylic acids is 2. The number of hydrogen-bond donors (Lipinski definition) is 4. The highest BCUT2D eigenvalue weighted by atomic mass is 32.2. The van der Waals surface area contributed by atoms with Crippen LogP contribution in [0.15, 0.2) is 58.4 Å². The minimum atomic E-state index is -3.80. The maximum absolute atomic E-state index is 12.5. The number of nitrogens with zero attached hydrogens (tertiary/aromatic N) is 1. The molecule has 2 aromatic rings. The quantitative estimate of drug-likeness (QED) is 0.497. The average Bonchev–Trinajstić information content (AvgIpc) is 3.10. The van der Waals surface area contributed by atoms with E-state index in [9.17, 15) is 18.0 Å². The molecule has 158 valence electrons. The lowest BCUT2D eigenvalue weighted by molar-refractivity contribution is -0.119. The number of ether oxygens (including phenoxy) is 1. The molecule has 1 aliphatic rings. The van der Waals surface area contributed by atoms with Crippen molar-refractivity contribution in [1.82, 2.24) is 5.32 Å². The van der Waals surface area contributed by atoms with Crippen LogP contribution in [0.1, 0.15) is 10.4 Å². The highest BCUT2D eigenvalue weighted by molar-refractivity contribution is 8.15. The van der Waals surface area contributed by atoms with E-state index in [0.717, 1.165) is 11.8 Å². The summed E-state index contributed by atoms with van der Waals surface area (Å²) in [5.74, 6) is -0.473. The van der Waals surface area contributed by atoms with Gasteiger partial charge in [0.15, 0.2) is 11.2 Å². The van der Waals surface area contributed by atoms with Gasteiger partial charge in [-0.05, 0) is 48.5 Å². The van der Waals surface area contributed by atoms with E-state index < -0.39 is 33.3 Å². The van der Waals surface area contributed by atoms with Gasteiger partial charge in [-0.2, -0.15) is 0 Å². The van der Waals surface area contributed by atoms with Crippen molar-refractivity contribution in [3.05, 3.63) is 54.1 Å². The van der Waals surface area contributed by atoms with Crippen molar-refractivity contribution in [2.75, 3.05) is 12.4 Å². The van der Waals surface area contributed by atoms with Gasteiger partial charge in [0, 0.05) is 11.3 Å². The van der Waals surface area contributed by atoms with Crippen molar-refractivity contribution in [3.8, 4) is 5.75 Å². The smallest absolute Gasteiger partial charge is 0.252 e. The number of nitrogens with one attached hydrogen (secondary N) is 2. The van der Waals surface area contributed by atoms with Crippen molar-refractivity contribution in [2.24, 2.45) is 15.9 Å².